The fourth-order valence-corrected chi connectivity index (χ4v) is 2.66. The Morgan fingerprint density at radius 2 is 2.29 bits per heavy atom. The highest BCUT2D eigenvalue weighted by Gasteiger charge is 2.28. The highest BCUT2D eigenvalue weighted by molar-refractivity contribution is 7.99. The first kappa shape index (κ1) is 11.8. The Bertz CT molecular complexity index is 209. The largest absolute Gasteiger partial charge is 0.391 e. The van der Waals surface area contributed by atoms with E-state index in [-0.39, 0.29) is 12.2 Å². The molecule has 4 unspecified atom stereocenters. The highest BCUT2D eigenvalue weighted by atomic mass is 32.2. The molecule has 0 saturated carbocycles. The predicted octanol–water partition coefficient (Wildman–Crippen LogP) is 1.42. The van der Waals surface area contributed by atoms with E-state index in [1.54, 1.807) is 13.8 Å². The Kier molecular flexibility index (Phi) is 4.73. The standard InChI is InChI=1S/C10H17NO2S/c1-7(12)8(2)13-10(5-11)9-3-4-14-6-9/h7-10,12H,3-4,6H2,1-2H3. The van der Waals surface area contributed by atoms with Gasteiger partial charge in [-0.1, -0.05) is 0 Å². The maximum Gasteiger partial charge on any atom is 0.148 e. The molecule has 4 atom stereocenters. The number of rotatable bonds is 4. The van der Waals surface area contributed by atoms with Gasteiger partial charge < -0.3 is 9.84 Å². The Morgan fingerprint density at radius 1 is 1.57 bits per heavy atom. The summed E-state index contributed by atoms with van der Waals surface area (Å²) in [6.45, 7) is 3.49. The Labute approximate surface area is 89.4 Å². The number of aliphatic hydroxyl groups is 1. The van der Waals surface area contributed by atoms with Crippen LogP contribution in [0.5, 0.6) is 0 Å². The van der Waals surface area contributed by atoms with Gasteiger partial charge in [-0.15, -0.1) is 0 Å². The number of nitrogens with zero attached hydrogens (tertiary/aromatic N) is 1. The predicted molar refractivity (Wildman–Crippen MR) is 57.1 cm³/mol. The Balaban J connectivity index is 2.42. The van der Waals surface area contributed by atoms with Crippen molar-refractivity contribution in [1.29, 1.82) is 5.26 Å². The van der Waals surface area contributed by atoms with Crippen LogP contribution in [0.15, 0.2) is 0 Å². The minimum absolute atomic E-state index is 0.259. The lowest BCUT2D eigenvalue weighted by molar-refractivity contribution is -0.0564. The summed E-state index contributed by atoms with van der Waals surface area (Å²) in [6, 6.07) is 2.18. The molecule has 0 aromatic rings. The lowest BCUT2D eigenvalue weighted by Crippen LogP contribution is -2.32. The number of hydrogen-bond acceptors (Lipinski definition) is 4. The smallest absolute Gasteiger partial charge is 0.148 e. The van der Waals surface area contributed by atoms with E-state index in [1.165, 1.54) is 0 Å². The summed E-state index contributed by atoms with van der Waals surface area (Å²) in [7, 11) is 0. The number of ether oxygens (including phenoxy) is 1. The van der Waals surface area contributed by atoms with Gasteiger partial charge in [-0.05, 0) is 31.8 Å². The normalized spacial score (nSPS) is 28.0. The van der Waals surface area contributed by atoms with Crippen LogP contribution in [-0.2, 0) is 4.74 Å². The fourth-order valence-electron chi connectivity index (χ4n) is 1.38. The molecule has 1 N–H and O–H groups in total. The van der Waals surface area contributed by atoms with Crippen LogP contribution in [0.2, 0.25) is 0 Å². The molecule has 4 heteroatoms. The van der Waals surface area contributed by atoms with Crippen molar-refractivity contribution >= 4 is 11.8 Å². The van der Waals surface area contributed by atoms with Crippen molar-refractivity contribution in [2.75, 3.05) is 11.5 Å². The third kappa shape index (κ3) is 3.16. The van der Waals surface area contributed by atoms with Crippen LogP contribution in [0.25, 0.3) is 0 Å². The minimum atomic E-state index is -0.514. The maximum atomic E-state index is 9.27. The minimum Gasteiger partial charge on any atom is -0.391 e. The average Bonchev–Trinajstić information content (AvgIpc) is 2.66. The van der Waals surface area contributed by atoms with Gasteiger partial charge in [-0.2, -0.15) is 17.0 Å². The van der Waals surface area contributed by atoms with E-state index >= 15 is 0 Å². The van der Waals surface area contributed by atoms with Gasteiger partial charge in [-0.3, -0.25) is 0 Å². The number of nitriles is 1. The number of aliphatic hydroxyl groups excluding tert-OH is 1. The van der Waals surface area contributed by atoms with Gasteiger partial charge in [-0.25, -0.2) is 0 Å². The molecule has 1 fully saturated rings. The zero-order valence-corrected chi connectivity index (χ0v) is 9.46. The first-order valence-corrected chi connectivity index (χ1v) is 6.11. The molecule has 0 spiro atoms. The molecule has 0 bridgehead atoms. The molecule has 1 heterocycles. The maximum absolute atomic E-state index is 9.27. The van der Waals surface area contributed by atoms with Gasteiger partial charge >= 0.3 is 0 Å². The molecule has 0 amide bonds. The van der Waals surface area contributed by atoms with Crippen LogP contribution < -0.4 is 0 Å². The van der Waals surface area contributed by atoms with E-state index in [2.05, 4.69) is 6.07 Å². The summed E-state index contributed by atoms with van der Waals surface area (Å²) in [6.07, 6.45) is -0.0742. The van der Waals surface area contributed by atoms with Crippen LogP contribution in [0.3, 0.4) is 0 Å². The second-order valence-corrected chi connectivity index (χ2v) is 4.91. The quantitative estimate of drug-likeness (QED) is 0.770. The van der Waals surface area contributed by atoms with Crippen molar-refractivity contribution in [2.45, 2.75) is 38.6 Å². The van der Waals surface area contributed by atoms with Crippen molar-refractivity contribution in [1.82, 2.24) is 0 Å². The molecule has 3 nitrogen and oxygen atoms in total. The van der Waals surface area contributed by atoms with Gasteiger partial charge in [0.25, 0.3) is 0 Å². The van der Waals surface area contributed by atoms with Crippen molar-refractivity contribution < 1.29 is 9.84 Å². The van der Waals surface area contributed by atoms with Gasteiger partial charge in [0.1, 0.15) is 6.10 Å². The summed E-state index contributed by atoms with van der Waals surface area (Å²) < 4.78 is 5.52. The van der Waals surface area contributed by atoms with Gasteiger partial charge in [0, 0.05) is 5.92 Å². The number of thioether (sulfide) groups is 1. The third-order valence-electron chi connectivity index (χ3n) is 2.56. The molecule has 80 valence electrons. The van der Waals surface area contributed by atoms with Crippen molar-refractivity contribution in [3.8, 4) is 6.07 Å². The zero-order chi connectivity index (χ0) is 10.6. The summed E-state index contributed by atoms with van der Waals surface area (Å²) in [5.41, 5.74) is 0. The van der Waals surface area contributed by atoms with Crippen molar-refractivity contribution in [2.24, 2.45) is 5.92 Å². The molecular formula is C10H17NO2S. The SMILES string of the molecule is CC(O)C(C)OC(C#N)C1CCSC1. The first-order chi connectivity index (χ1) is 6.65. The van der Waals surface area contributed by atoms with Crippen LogP contribution in [-0.4, -0.2) is 34.9 Å². The lowest BCUT2D eigenvalue weighted by Gasteiger charge is -2.22. The van der Waals surface area contributed by atoms with Crippen LogP contribution in [0, 0.1) is 17.2 Å². The Hall–Kier alpha value is -0.240. The van der Waals surface area contributed by atoms with E-state index in [0.717, 1.165) is 17.9 Å². The second kappa shape index (κ2) is 5.59. The molecule has 1 saturated heterocycles. The van der Waals surface area contributed by atoms with E-state index in [1.807, 2.05) is 11.8 Å². The topological polar surface area (TPSA) is 53.2 Å². The van der Waals surface area contributed by atoms with Crippen LogP contribution >= 0.6 is 11.8 Å². The molecular weight excluding hydrogens is 198 g/mol. The van der Waals surface area contributed by atoms with Crippen LogP contribution in [0.4, 0.5) is 0 Å². The van der Waals surface area contributed by atoms with Gasteiger partial charge in [0.15, 0.2) is 0 Å². The summed E-state index contributed by atoms with van der Waals surface area (Å²) >= 11 is 1.87. The summed E-state index contributed by atoms with van der Waals surface area (Å²) in [5, 5.41) is 18.2. The lowest BCUT2D eigenvalue weighted by atomic mass is 10.0. The highest BCUT2D eigenvalue weighted by Crippen LogP contribution is 2.28. The van der Waals surface area contributed by atoms with E-state index in [0.29, 0.717) is 5.92 Å². The van der Waals surface area contributed by atoms with Gasteiger partial charge in [0.2, 0.25) is 0 Å². The summed E-state index contributed by atoms with van der Waals surface area (Å²) in [4.78, 5) is 0. The molecule has 0 radical (unpaired) electrons. The first-order valence-electron chi connectivity index (χ1n) is 4.96. The monoisotopic (exact) mass is 215 g/mol. The molecule has 0 aromatic heterocycles. The van der Waals surface area contributed by atoms with E-state index < -0.39 is 6.10 Å². The molecule has 1 rings (SSSR count). The fraction of sp³-hybridized carbons (Fsp3) is 0.900. The van der Waals surface area contributed by atoms with Crippen molar-refractivity contribution in [3.05, 3.63) is 0 Å². The molecule has 0 aliphatic carbocycles. The molecule has 1 aliphatic heterocycles. The van der Waals surface area contributed by atoms with Crippen LogP contribution in [0.1, 0.15) is 20.3 Å². The van der Waals surface area contributed by atoms with Crippen molar-refractivity contribution in [3.63, 3.8) is 0 Å². The third-order valence-corrected chi connectivity index (χ3v) is 3.75. The number of hydrogen-bond donors (Lipinski definition) is 1. The molecule has 0 aromatic carbocycles. The van der Waals surface area contributed by atoms with Gasteiger partial charge in [0.05, 0.1) is 18.3 Å². The van der Waals surface area contributed by atoms with E-state index in [9.17, 15) is 5.11 Å². The summed E-state index contributed by atoms with van der Waals surface area (Å²) in [5.74, 6) is 2.46. The average molecular weight is 215 g/mol. The second-order valence-electron chi connectivity index (χ2n) is 3.76. The molecule has 1 aliphatic rings. The zero-order valence-electron chi connectivity index (χ0n) is 8.64. The molecule has 14 heavy (non-hydrogen) atoms. The van der Waals surface area contributed by atoms with E-state index in [4.69, 9.17) is 10.00 Å². The Morgan fingerprint density at radius 3 is 2.71 bits per heavy atom.